The molecule has 0 saturated carbocycles. The van der Waals surface area contributed by atoms with Gasteiger partial charge in [-0.25, -0.2) is 0 Å². The van der Waals surface area contributed by atoms with Crippen LogP contribution in [-0.2, 0) is 0 Å². The zero-order valence-electron chi connectivity index (χ0n) is 6.82. The number of nitrogens with zero attached hydrogens (tertiary/aromatic N) is 1. The van der Waals surface area contributed by atoms with Gasteiger partial charge in [0, 0.05) is 17.8 Å². The Morgan fingerprint density at radius 1 is 1.58 bits per heavy atom. The fourth-order valence-corrected chi connectivity index (χ4v) is 1.13. The lowest BCUT2D eigenvalue weighted by Gasteiger charge is -1.96. The maximum absolute atomic E-state index is 5.66. The van der Waals surface area contributed by atoms with Crippen LogP contribution in [0, 0.1) is 0 Å². The van der Waals surface area contributed by atoms with E-state index in [0.717, 1.165) is 16.7 Å². The van der Waals surface area contributed by atoms with Gasteiger partial charge in [0.05, 0.1) is 6.04 Å². The fourth-order valence-electron chi connectivity index (χ4n) is 1.13. The Hall–Kier alpha value is -1.35. The van der Waals surface area contributed by atoms with Crippen LogP contribution < -0.4 is 5.73 Å². The summed E-state index contributed by atoms with van der Waals surface area (Å²) < 4.78 is 5.46. The van der Waals surface area contributed by atoms with Crippen LogP contribution in [-0.4, -0.2) is 4.98 Å². The largest absolute Gasteiger partial charge is 0.459 e. The molecular formula is C9H10N2O. The smallest absolute Gasteiger partial charge is 0.137 e. The minimum absolute atomic E-state index is 0.0580. The molecule has 0 radical (unpaired) electrons. The van der Waals surface area contributed by atoms with Crippen molar-refractivity contribution in [1.29, 1.82) is 0 Å². The lowest BCUT2D eigenvalue weighted by Crippen LogP contribution is -2.02. The third kappa shape index (κ3) is 1.08. The van der Waals surface area contributed by atoms with E-state index >= 15 is 0 Å². The molecule has 2 heterocycles. The minimum atomic E-state index is -0.0580. The second-order valence-corrected chi connectivity index (χ2v) is 2.85. The number of furan rings is 1. The number of rotatable bonds is 1. The van der Waals surface area contributed by atoms with Crippen molar-refractivity contribution in [2.24, 2.45) is 5.73 Å². The average Bonchev–Trinajstić information content (AvgIpc) is 2.46. The van der Waals surface area contributed by atoms with Crippen molar-refractivity contribution < 1.29 is 4.42 Å². The molecule has 3 heteroatoms. The van der Waals surface area contributed by atoms with E-state index in [2.05, 4.69) is 4.98 Å². The molecule has 0 spiro atoms. The van der Waals surface area contributed by atoms with Gasteiger partial charge in [0.1, 0.15) is 11.3 Å². The van der Waals surface area contributed by atoms with Gasteiger partial charge >= 0.3 is 0 Å². The number of pyridine rings is 1. The molecule has 3 nitrogen and oxygen atoms in total. The standard InChI is InChI=1S/C9H10N2O/c1-6(10)9-4-7-5-11-3-2-8(7)12-9/h2-6H,10H2,1H3/t6-/m1/s1. The van der Waals surface area contributed by atoms with Gasteiger partial charge in [-0.3, -0.25) is 4.98 Å². The number of fused-ring (bicyclic) bond motifs is 1. The van der Waals surface area contributed by atoms with Crippen LogP contribution in [0.2, 0.25) is 0 Å². The molecule has 0 aliphatic rings. The number of hydrogen-bond donors (Lipinski definition) is 1. The predicted octanol–water partition coefficient (Wildman–Crippen LogP) is 1.85. The molecule has 62 valence electrons. The molecule has 2 aromatic heterocycles. The maximum atomic E-state index is 5.66. The molecule has 0 saturated heterocycles. The minimum Gasteiger partial charge on any atom is -0.459 e. The van der Waals surface area contributed by atoms with Crippen molar-refractivity contribution in [1.82, 2.24) is 4.98 Å². The third-order valence-electron chi connectivity index (χ3n) is 1.78. The second-order valence-electron chi connectivity index (χ2n) is 2.85. The van der Waals surface area contributed by atoms with Crippen LogP contribution in [0.3, 0.4) is 0 Å². The van der Waals surface area contributed by atoms with Crippen molar-refractivity contribution in [3.05, 3.63) is 30.3 Å². The molecule has 2 N–H and O–H groups in total. The zero-order valence-corrected chi connectivity index (χ0v) is 6.82. The highest BCUT2D eigenvalue weighted by atomic mass is 16.3. The molecule has 0 unspecified atom stereocenters. The van der Waals surface area contributed by atoms with Crippen LogP contribution in [0.25, 0.3) is 11.0 Å². The van der Waals surface area contributed by atoms with Gasteiger partial charge in [0.15, 0.2) is 0 Å². The normalized spacial score (nSPS) is 13.5. The van der Waals surface area contributed by atoms with Gasteiger partial charge in [0.25, 0.3) is 0 Å². The first-order valence-electron chi connectivity index (χ1n) is 3.86. The van der Waals surface area contributed by atoms with Crippen LogP contribution >= 0.6 is 0 Å². The van der Waals surface area contributed by atoms with Gasteiger partial charge in [-0.2, -0.15) is 0 Å². The summed E-state index contributed by atoms with van der Waals surface area (Å²) in [5.41, 5.74) is 6.51. The summed E-state index contributed by atoms with van der Waals surface area (Å²) in [7, 11) is 0. The SMILES string of the molecule is C[C@@H](N)c1cc2cnccc2o1. The third-order valence-corrected chi connectivity index (χ3v) is 1.78. The highest BCUT2D eigenvalue weighted by molar-refractivity contribution is 5.76. The Bertz CT molecular complexity index is 359. The Kier molecular flexibility index (Phi) is 1.59. The highest BCUT2D eigenvalue weighted by Gasteiger charge is 2.06. The number of aromatic nitrogens is 1. The summed E-state index contributed by atoms with van der Waals surface area (Å²) in [4.78, 5) is 3.98. The van der Waals surface area contributed by atoms with E-state index in [4.69, 9.17) is 10.2 Å². The van der Waals surface area contributed by atoms with Gasteiger partial charge in [-0.1, -0.05) is 0 Å². The lowest BCUT2D eigenvalue weighted by atomic mass is 10.2. The van der Waals surface area contributed by atoms with Crippen molar-refractivity contribution in [3.63, 3.8) is 0 Å². The van der Waals surface area contributed by atoms with Crippen LogP contribution in [0.5, 0.6) is 0 Å². The summed E-state index contributed by atoms with van der Waals surface area (Å²) in [5.74, 6) is 0.804. The molecule has 1 atom stereocenters. The van der Waals surface area contributed by atoms with Crippen molar-refractivity contribution in [2.45, 2.75) is 13.0 Å². The summed E-state index contributed by atoms with van der Waals surface area (Å²) in [5, 5.41) is 1.00. The Morgan fingerprint density at radius 2 is 2.42 bits per heavy atom. The maximum Gasteiger partial charge on any atom is 0.137 e. The fraction of sp³-hybridized carbons (Fsp3) is 0.222. The molecule has 0 aliphatic carbocycles. The summed E-state index contributed by atoms with van der Waals surface area (Å²) in [6.45, 7) is 1.89. The van der Waals surface area contributed by atoms with Crippen molar-refractivity contribution in [2.75, 3.05) is 0 Å². The first kappa shape index (κ1) is 7.31. The Morgan fingerprint density at radius 3 is 3.08 bits per heavy atom. The zero-order chi connectivity index (χ0) is 8.55. The molecule has 2 rings (SSSR count). The van der Waals surface area contributed by atoms with Crippen LogP contribution in [0.4, 0.5) is 0 Å². The van der Waals surface area contributed by atoms with Gasteiger partial charge in [0.2, 0.25) is 0 Å². The molecule has 0 fully saturated rings. The van der Waals surface area contributed by atoms with E-state index in [9.17, 15) is 0 Å². The van der Waals surface area contributed by atoms with Crippen molar-refractivity contribution in [3.8, 4) is 0 Å². The molecule has 0 amide bonds. The van der Waals surface area contributed by atoms with Crippen LogP contribution in [0.1, 0.15) is 18.7 Å². The Labute approximate surface area is 70.2 Å². The first-order valence-corrected chi connectivity index (χ1v) is 3.86. The van der Waals surface area contributed by atoms with Gasteiger partial charge in [-0.05, 0) is 19.1 Å². The summed E-state index contributed by atoms with van der Waals surface area (Å²) in [6, 6.07) is 3.70. The Balaban J connectivity index is 2.62. The van der Waals surface area contributed by atoms with E-state index in [0.29, 0.717) is 0 Å². The number of hydrogen-bond acceptors (Lipinski definition) is 3. The average molecular weight is 162 g/mol. The van der Waals surface area contributed by atoms with Crippen LogP contribution in [0.15, 0.2) is 28.9 Å². The second kappa shape index (κ2) is 2.60. The van der Waals surface area contributed by atoms with E-state index in [1.165, 1.54) is 0 Å². The van der Waals surface area contributed by atoms with E-state index in [1.54, 1.807) is 12.4 Å². The molecule has 0 bridgehead atoms. The summed E-state index contributed by atoms with van der Waals surface area (Å²) >= 11 is 0. The predicted molar refractivity (Wildman–Crippen MR) is 46.6 cm³/mol. The summed E-state index contributed by atoms with van der Waals surface area (Å²) in [6.07, 6.45) is 3.47. The molecular weight excluding hydrogens is 152 g/mol. The van der Waals surface area contributed by atoms with Crippen molar-refractivity contribution >= 4 is 11.0 Å². The molecule has 2 aromatic rings. The van der Waals surface area contributed by atoms with E-state index < -0.39 is 0 Å². The van der Waals surface area contributed by atoms with E-state index in [1.807, 2.05) is 19.1 Å². The molecule has 0 aliphatic heterocycles. The topological polar surface area (TPSA) is 52.0 Å². The number of nitrogens with two attached hydrogens (primary N) is 1. The van der Waals surface area contributed by atoms with Gasteiger partial charge in [-0.15, -0.1) is 0 Å². The van der Waals surface area contributed by atoms with E-state index in [-0.39, 0.29) is 6.04 Å². The lowest BCUT2D eigenvalue weighted by molar-refractivity contribution is 0.513. The quantitative estimate of drug-likeness (QED) is 0.696. The first-order chi connectivity index (χ1) is 5.77. The molecule has 12 heavy (non-hydrogen) atoms. The molecule has 0 aromatic carbocycles. The van der Waals surface area contributed by atoms with Gasteiger partial charge < -0.3 is 10.2 Å². The highest BCUT2D eigenvalue weighted by Crippen LogP contribution is 2.21. The monoisotopic (exact) mass is 162 g/mol.